The van der Waals surface area contributed by atoms with Crippen LogP contribution in [0.15, 0.2) is 30.3 Å². The van der Waals surface area contributed by atoms with Crippen LogP contribution in [0.25, 0.3) is 6.08 Å². The standard InChI is InChI=1S/C14H19NO2/c1-3-12(4-2)15-14(17)10-7-11-5-8-13(16)9-6-11/h5-10,12,16H,3-4H2,1-2H3,(H,15,17)/b10-7+. The molecule has 1 rings (SSSR count). The van der Waals surface area contributed by atoms with Crippen molar-refractivity contribution < 1.29 is 9.90 Å². The highest BCUT2D eigenvalue weighted by atomic mass is 16.3. The van der Waals surface area contributed by atoms with E-state index in [-0.39, 0.29) is 17.7 Å². The van der Waals surface area contributed by atoms with Crippen molar-refractivity contribution in [3.63, 3.8) is 0 Å². The average molecular weight is 233 g/mol. The van der Waals surface area contributed by atoms with Crippen molar-refractivity contribution in [1.82, 2.24) is 5.32 Å². The van der Waals surface area contributed by atoms with Crippen LogP contribution < -0.4 is 5.32 Å². The van der Waals surface area contributed by atoms with Crippen LogP contribution in [0.2, 0.25) is 0 Å². The topological polar surface area (TPSA) is 49.3 Å². The highest BCUT2D eigenvalue weighted by molar-refractivity contribution is 5.91. The van der Waals surface area contributed by atoms with E-state index in [1.807, 2.05) is 0 Å². The number of hydrogen-bond donors (Lipinski definition) is 2. The lowest BCUT2D eigenvalue weighted by Gasteiger charge is -2.12. The molecule has 0 saturated heterocycles. The summed E-state index contributed by atoms with van der Waals surface area (Å²) in [7, 11) is 0. The molecule has 92 valence electrons. The highest BCUT2D eigenvalue weighted by Gasteiger charge is 2.04. The van der Waals surface area contributed by atoms with Gasteiger partial charge in [-0.15, -0.1) is 0 Å². The Morgan fingerprint density at radius 3 is 2.41 bits per heavy atom. The largest absolute Gasteiger partial charge is 0.508 e. The van der Waals surface area contributed by atoms with Crippen molar-refractivity contribution in [2.75, 3.05) is 0 Å². The molecule has 0 fully saturated rings. The molecule has 0 aliphatic carbocycles. The smallest absolute Gasteiger partial charge is 0.244 e. The Morgan fingerprint density at radius 1 is 1.29 bits per heavy atom. The molecular weight excluding hydrogens is 214 g/mol. The van der Waals surface area contributed by atoms with Gasteiger partial charge in [0.1, 0.15) is 5.75 Å². The van der Waals surface area contributed by atoms with E-state index in [0.29, 0.717) is 0 Å². The summed E-state index contributed by atoms with van der Waals surface area (Å²) in [6, 6.07) is 6.95. The molecule has 17 heavy (non-hydrogen) atoms. The number of phenols is 1. The molecule has 0 spiro atoms. The zero-order chi connectivity index (χ0) is 12.7. The fraction of sp³-hybridized carbons (Fsp3) is 0.357. The quantitative estimate of drug-likeness (QED) is 0.768. The van der Waals surface area contributed by atoms with Crippen LogP contribution in [0.5, 0.6) is 5.75 Å². The normalized spacial score (nSPS) is 11.0. The monoisotopic (exact) mass is 233 g/mol. The number of nitrogens with one attached hydrogen (secondary N) is 1. The van der Waals surface area contributed by atoms with Gasteiger partial charge < -0.3 is 10.4 Å². The van der Waals surface area contributed by atoms with Crippen LogP contribution in [0.3, 0.4) is 0 Å². The summed E-state index contributed by atoms with van der Waals surface area (Å²) in [5.41, 5.74) is 0.891. The van der Waals surface area contributed by atoms with Crippen LogP contribution in [0.4, 0.5) is 0 Å². The third kappa shape index (κ3) is 4.72. The minimum atomic E-state index is -0.0771. The van der Waals surface area contributed by atoms with Crippen molar-refractivity contribution in [2.45, 2.75) is 32.7 Å². The molecule has 1 aromatic rings. The minimum Gasteiger partial charge on any atom is -0.508 e. The zero-order valence-electron chi connectivity index (χ0n) is 10.3. The van der Waals surface area contributed by atoms with Crippen LogP contribution in [0.1, 0.15) is 32.3 Å². The predicted octanol–water partition coefficient (Wildman–Crippen LogP) is 2.71. The molecule has 1 aromatic carbocycles. The first-order valence-corrected chi connectivity index (χ1v) is 5.93. The van der Waals surface area contributed by atoms with Crippen molar-refractivity contribution in [3.05, 3.63) is 35.9 Å². The van der Waals surface area contributed by atoms with E-state index in [1.165, 1.54) is 6.08 Å². The van der Waals surface area contributed by atoms with E-state index in [9.17, 15) is 4.79 Å². The SMILES string of the molecule is CCC(CC)NC(=O)/C=C/c1ccc(O)cc1. The summed E-state index contributed by atoms with van der Waals surface area (Å²) in [4.78, 5) is 11.6. The second kappa shape index (κ2) is 6.74. The van der Waals surface area contributed by atoms with E-state index in [4.69, 9.17) is 5.11 Å². The van der Waals surface area contributed by atoms with Crippen LogP contribution >= 0.6 is 0 Å². The zero-order valence-corrected chi connectivity index (χ0v) is 10.3. The van der Waals surface area contributed by atoms with Crippen LogP contribution in [0, 0.1) is 0 Å². The Kier molecular flexibility index (Phi) is 5.27. The minimum absolute atomic E-state index is 0.0771. The molecule has 0 unspecified atom stereocenters. The third-order valence-electron chi connectivity index (χ3n) is 2.65. The number of phenolic OH excluding ortho intramolecular Hbond substituents is 1. The molecule has 1 amide bonds. The number of amides is 1. The number of hydrogen-bond acceptors (Lipinski definition) is 2. The summed E-state index contributed by atoms with van der Waals surface area (Å²) < 4.78 is 0. The third-order valence-corrected chi connectivity index (χ3v) is 2.65. The Bertz CT molecular complexity index is 378. The van der Waals surface area contributed by atoms with Crippen molar-refractivity contribution >= 4 is 12.0 Å². The van der Waals surface area contributed by atoms with E-state index >= 15 is 0 Å². The molecular formula is C14H19NO2. The van der Waals surface area contributed by atoms with Crippen LogP contribution in [-0.4, -0.2) is 17.1 Å². The molecule has 2 N–H and O–H groups in total. The van der Waals surface area contributed by atoms with Crippen molar-refractivity contribution in [3.8, 4) is 5.75 Å². The molecule has 0 saturated carbocycles. The first-order valence-electron chi connectivity index (χ1n) is 5.93. The maximum Gasteiger partial charge on any atom is 0.244 e. The van der Waals surface area contributed by atoms with Crippen LogP contribution in [-0.2, 0) is 4.79 Å². The fourth-order valence-corrected chi connectivity index (χ4v) is 1.50. The number of carbonyl (C=O) groups is 1. The van der Waals surface area contributed by atoms with Gasteiger partial charge in [-0.1, -0.05) is 26.0 Å². The summed E-state index contributed by atoms with van der Waals surface area (Å²) in [5, 5.41) is 12.0. The number of carbonyl (C=O) groups excluding carboxylic acids is 1. The van der Waals surface area contributed by atoms with Crippen molar-refractivity contribution in [1.29, 1.82) is 0 Å². The van der Waals surface area contributed by atoms with E-state index in [0.717, 1.165) is 18.4 Å². The number of rotatable bonds is 5. The van der Waals surface area contributed by atoms with Gasteiger partial charge in [-0.25, -0.2) is 0 Å². The van der Waals surface area contributed by atoms with E-state index in [1.54, 1.807) is 30.3 Å². The molecule has 3 heteroatoms. The molecule has 3 nitrogen and oxygen atoms in total. The first kappa shape index (κ1) is 13.3. The van der Waals surface area contributed by atoms with Gasteiger partial charge in [-0.05, 0) is 36.6 Å². The summed E-state index contributed by atoms with van der Waals surface area (Å²) in [6.45, 7) is 4.11. The van der Waals surface area contributed by atoms with Gasteiger partial charge in [-0.3, -0.25) is 4.79 Å². The van der Waals surface area contributed by atoms with Gasteiger partial charge in [0.05, 0.1) is 0 Å². The van der Waals surface area contributed by atoms with Gasteiger partial charge in [0, 0.05) is 12.1 Å². The Balaban J connectivity index is 2.53. The first-order chi connectivity index (χ1) is 8.15. The van der Waals surface area contributed by atoms with Gasteiger partial charge in [0.25, 0.3) is 0 Å². The highest BCUT2D eigenvalue weighted by Crippen LogP contribution is 2.10. The molecule has 0 bridgehead atoms. The van der Waals surface area contributed by atoms with E-state index < -0.39 is 0 Å². The lowest BCUT2D eigenvalue weighted by atomic mass is 10.1. The number of benzene rings is 1. The molecule has 0 heterocycles. The van der Waals surface area contributed by atoms with E-state index in [2.05, 4.69) is 19.2 Å². The Hall–Kier alpha value is -1.77. The maximum atomic E-state index is 11.6. The Labute approximate surface area is 102 Å². The molecule has 0 atom stereocenters. The number of aromatic hydroxyl groups is 1. The average Bonchev–Trinajstić information content (AvgIpc) is 2.35. The van der Waals surface area contributed by atoms with Gasteiger partial charge >= 0.3 is 0 Å². The summed E-state index contributed by atoms with van der Waals surface area (Å²) in [6.07, 6.45) is 5.13. The molecule has 0 aliphatic rings. The van der Waals surface area contributed by atoms with Gasteiger partial charge in [0.2, 0.25) is 5.91 Å². The Morgan fingerprint density at radius 2 is 1.88 bits per heavy atom. The lowest BCUT2D eigenvalue weighted by molar-refractivity contribution is -0.117. The second-order valence-electron chi connectivity index (χ2n) is 3.95. The van der Waals surface area contributed by atoms with Gasteiger partial charge in [-0.2, -0.15) is 0 Å². The molecule has 0 radical (unpaired) electrons. The fourth-order valence-electron chi connectivity index (χ4n) is 1.50. The summed E-state index contributed by atoms with van der Waals surface area (Å²) >= 11 is 0. The van der Waals surface area contributed by atoms with Crippen molar-refractivity contribution in [2.24, 2.45) is 0 Å². The lowest BCUT2D eigenvalue weighted by Crippen LogP contribution is -2.32. The van der Waals surface area contributed by atoms with Gasteiger partial charge in [0.15, 0.2) is 0 Å². The predicted molar refractivity (Wildman–Crippen MR) is 69.7 cm³/mol. The summed E-state index contributed by atoms with van der Waals surface area (Å²) in [5.74, 6) is 0.149. The maximum absolute atomic E-state index is 11.6. The second-order valence-corrected chi connectivity index (χ2v) is 3.95. The molecule has 0 aliphatic heterocycles. The molecule has 0 aromatic heterocycles.